The number of halogens is 2. The van der Waals surface area contributed by atoms with E-state index in [4.69, 9.17) is 36.8 Å². The van der Waals surface area contributed by atoms with Crippen molar-refractivity contribution in [3.8, 4) is 11.4 Å². The monoisotopic (exact) mass is 581 g/mol. The van der Waals surface area contributed by atoms with E-state index in [1.807, 2.05) is 30.3 Å². The maximum atomic E-state index is 14.4. The first-order valence-corrected chi connectivity index (χ1v) is 15.6. The number of fused-ring (bicyclic) bond motifs is 1. The smallest absolute Gasteiger partial charge is 0.264 e. The Morgan fingerprint density at radius 2 is 1.68 bits per heavy atom. The molecule has 0 aliphatic carbocycles. The summed E-state index contributed by atoms with van der Waals surface area (Å²) in [6.45, 7) is 5.86. The lowest BCUT2D eigenvalue weighted by molar-refractivity contribution is 0.266. The number of aromatic nitrogens is 2. The molecular formula is C25H26Cl2N3O5PS. The van der Waals surface area contributed by atoms with Crippen molar-refractivity contribution in [1.82, 2.24) is 10.1 Å². The molecule has 3 aromatic carbocycles. The molecule has 1 heterocycles. The van der Waals surface area contributed by atoms with Crippen molar-refractivity contribution in [2.24, 2.45) is 0 Å². The number of aryl methyl sites for hydroxylation is 1. The second kappa shape index (κ2) is 11.2. The fourth-order valence-electron chi connectivity index (χ4n) is 3.97. The van der Waals surface area contributed by atoms with Gasteiger partial charge in [-0.05, 0) is 49.8 Å². The van der Waals surface area contributed by atoms with Crippen LogP contribution in [0.25, 0.3) is 22.2 Å². The number of nitrogens with zero attached hydrogens (tertiary/aromatic N) is 3. The predicted molar refractivity (Wildman–Crippen MR) is 150 cm³/mol. The van der Waals surface area contributed by atoms with E-state index < -0.39 is 17.4 Å². The van der Waals surface area contributed by atoms with E-state index in [1.54, 1.807) is 26.8 Å². The molecule has 196 valence electrons. The summed E-state index contributed by atoms with van der Waals surface area (Å²) in [6, 6.07) is 15.2. The zero-order valence-electron chi connectivity index (χ0n) is 20.5. The van der Waals surface area contributed by atoms with Crippen molar-refractivity contribution in [1.29, 1.82) is 0 Å². The Morgan fingerprint density at radius 3 is 2.27 bits per heavy atom. The van der Waals surface area contributed by atoms with Gasteiger partial charge in [0.25, 0.3) is 10.0 Å². The highest BCUT2D eigenvalue weighted by atomic mass is 35.5. The quantitative estimate of drug-likeness (QED) is 0.186. The topological polar surface area (TPSA) is 94.8 Å². The molecule has 0 fully saturated rings. The first-order valence-electron chi connectivity index (χ1n) is 11.4. The average molecular weight is 582 g/mol. The Morgan fingerprint density at radius 1 is 1.03 bits per heavy atom. The van der Waals surface area contributed by atoms with Crippen molar-refractivity contribution in [2.75, 3.05) is 23.8 Å². The Labute approximate surface area is 226 Å². The minimum atomic E-state index is -4.28. The molecule has 0 aliphatic heterocycles. The van der Waals surface area contributed by atoms with E-state index in [1.165, 1.54) is 22.5 Å². The van der Waals surface area contributed by atoms with Gasteiger partial charge in [0, 0.05) is 27.9 Å². The molecule has 8 nitrogen and oxygen atoms in total. The molecule has 0 atom stereocenters. The lowest BCUT2D eigenvalue weighted by atomic mass is 10.0. The van der Waals surface area contributed by atoms with Crippen molar-refractivity contribution in [3.05, 3.63) is 70.5 Å². The summed E-state index contributed by atoms with van der Waals surface area (Å²) in [4.78, 5) is 4.28. The third-order valence-corrected chi connectivity index (χ3v) is 9.94. The highest BCUT2D eigenvalue weighted by molar-refractivity contribution is 7.93. The molecule has 12 heteroatoms. The number of sulfonamides is 1. The van der Waals surface area contributed by atoms with Gasteiger partial charge in [0.2, 0.25) is 11.7 Å². The molecule has 0 saturated carbocycles. The van der Waals surface area contributed by atoms with Crippen molar-refractivity contribution < 1.29 is 22.0 Å². The minimum Gasteiger partial charge on any atom is -0.339 e. The molecular weight excluding hydrogens is 556 g/mol. The maximum Gasteiger partial charge on any atom is 0.264 e. The summed E-state index contributed by atoms with van der Waals surface area (Å²) in [5, 5.41) is 5.90. The SMILES string of the molecule is C=P(CN(c1c(-c2noc(C)n2)ccc2ccccc12)S(=O)(=O)c1cc(Cl)cc(Cl)c1)(OCC)OCC. The molecule has 0 bridgehead atoms. The van der Waals surface area contributed by atoms with Gasteiger partial charge in [0.05, 0.1) is 30.1 Å². The summed E-state index contributed by atoms with van der Waals surface area (Å²) in [5.74, 6) is 0.580. The zero-order chi connectivity index (χ0) is 26.8. The first kappa shape index (κ1) is 27.6. The van der Waals surface area contributed by atoms with Gasteiger partial charge in [-0.25, -0.2) is 8.42 Å². The molecule has 4 rings (SSSR count). The first-order chi connectivity index (χ1) is 17.6. The second-order valence-electron chi connectivity index (χ2n) is 8.07. The van der Waals surface area contributed by atoms with Crippen LogP contribution in [-0.2, 0) is 19.1 Å². The lowest BCUT2D eigenvalue weighted by Crippen LogP contribution is -2.33. The number of hydrogen-bond acceptors (Lipinski definition) is 7. The standard InChI is InChI=1S/C25H26Cl2N3O5PS/c1-5-33-36(4,34-6-2)16-30(37(31,32)21-14-19(26)13-20(27)15-21)24-22-10-8-7-9-18(22)11-12-23(24)25-28-17(3)35-29-25/h7-15H,4-6,16H2,1-3H3. The highest BCUT2D eigenvalue weighted by Gasteiger charge is 2.34. The molecule has 0 radical (unpaired) electrons. The van der Waals surface area contributed by atoms with Gasteiger partial charge in [0.15, 0.2) is 0 Å². The van der Waals surface area contributed by atoms with Crippen LogP contribution in [0.1, 0.15) is 19.7 Å². The summed E-state index contributed by atoms with van der Waals surface area (Å²) < 4.78 is 47.1. The van der Waals surface area contributed by atoms with Crippen LogP contribution in [0.15, 0.2) is 64.0 Å². The Kier molecular flexibility index (Phi) is 8.33. The van der Waals surface area contributed by atoms with Crippen molar-refractivity contribution >= 4 is 63.3 Å². The zero-order valence-corrected chi connectivity index (χ0v) is 23.7. The molecule has 0 spiro atoms. The molecule has 37 heavy (non-hydrogen) atoms. The highest BCUT2D eigenvalue weighted by Crippen LogP contribution is 2.51. The van der Waals surface area contributed by atoms with E-state index in [9.17, 15) is 8.42 Å². The Bertz CT molecular complexity index is 1560. The van der Waals surface area contributed by atoms with Crippen LogP contribution in [0.4, 0.5) is 5.69 Å². The van der Waals surface area contributed by atoms with E-state index >= 15 is 0 Å². The van der Waals surface area contributed by atoms with E-state index in [0.29, 0.717) is 35.7 Å². The summed E-state index contributed by atoms with van der Waals surface area (Å²) in [6.07, 6.45) is 4.02. The predicted octanol–water partition coefficient (Wildman–Crippen LogP) is 7.01. The Balaban J connectivity index is 2.07. The van der Waals surface area contributed by atoms with Crippen LogP contribution >= 0.6 is 30.5 Å². The van der Waals surface area contributed by atoms with Crippen LogP contribution in [-0.4, -0.2) is 44.4 Å². The second-order valence-corrected chi connectivity index (χ2v) is 13.2. The summed E-state index contributed by atoms with van der Waals surface area (Å²) >= 11 is 12.4. The Hall–Kier alpha value is -2.39. The van der Waals surface area contributed by atoms with Crippen LogP contribution in [0, 0.1) is 6.92 Å². The molecule has 0 amide bonds. The van der Waals surface area contributed by atoms with Gasteiger partial charge >= 0.3 is 0 Å². The normalized spacial score (nSPS) is 12.2. The van der Waals surface area contributed by atoms with Gasteiger partial charge in [-0.2, -0.15) is 4.98 Å². The van der Waals surface area contributed by atoms with E-state index in [2.05, 4.69) is 16.4 Å². The maximum absolute atomic E-state index is 14.4. The van der Waals surface area contributed by atoms with Gasteiger partial charge < -0.3 is 13.6 Å². The van der Waals surface area contributed by atoms with Gasteiger partial charge in [-0.3, -0.25) is 4.31 Å². The number of anilines is 1. The van der Waals surface area contributed by atoms with Crippen LogP contribution in [0.2, 0.25) is 10.0 Å². The van der Waals surface area contributed by atoms with Gasteiger partial charge in [-0.1, -0.05) is 58.7 Å². The third kappa shape index (κ3) is 5.87. The minimum absolute atomic E-state index is 0.0901. The lowest BCUT2D eigenvalue weighted by Gasteiger charge is -2.33. The van der Waals surface area contributed by atoms with Gasteiger partial charge in [-0.15, -0.1) is 0 Å². The van der Waals surface area contributed by atoms with Crippen LogP contribution < -0.4 is 4.31 Å². The molecule has 0 saturated heterocycles. The molecule has 1 aromatic heterocycles. The van der Waals surface area contributed by atoms with E-state index in [-0.39, 0.29) is 27.1 Å². The fourth-order valence-corrected chi connectivity index (χ4v) is 8.72. The fraction of sp³-hybridized carbons (Fsp3) is 0.240. The molecule has 0 unspecified atom stereocenters. The molecule has 0 N–H and O–H groups in total. The van der Waals surface area contributed by atoms with Crippen LogP contribution in [0.5, 0.6) is 0 Å². The van der Waals surface area contributed by atoms with E-state index in [0.717, 1.165) is 5.39 Å². The van der Waals surface area contributed by atoms with Crippen molar-refractivity contribution in [2.45, 2.75) is 25.7 Å². The van der Waals surface area contributed by atoms with Crippen LogP contribution in [0.3, 0.4) is 0 Å². The third-order valence-electron chi connectivity index (χ3n) is 5.42. The summed E-state index contributed by atoms with van der Waals surface area (Å²) in [7, 11) is -7.23. The average Bonchev–Trinajstić information content (AvgIpc) is 3.27. The number of rotatable bonds is 10. The number of hydrogen-bond donors (Lipinski definition) is 0. The molecule has 0 aliphatic rings. The molecule has 4 aromatic rings. The van der Waals surface area contributed by atoms with Crippen molar-refractivity contribution in [3.63, 3.8) is 0 Å². The number of benzene rings is 3. The summed E-state index contributed by atoms with van der Waals surface area (Å²) in [5.41, 5.74) is 0.786. The largest absolute Gasteiger partial charge is 0.339 e. The van der Waals surface area contributed by atoms with Gasteiger partial charge in [0.1, 0.15) is 7.34 Å².